The van der Waals surface area contributed by atoms with E-state index in [4.69, 9.17) is 4.74 Å². The molecule has 0 unspecified atom stereocenters. The molecule has 0 spiro atoms. The molecule has 12 heavy (non-hydrogen) atoms. The number of ketones is 1. The molecule has 0 aromatic heterocycles. The van der Waals surface area contributed by atoms with Crippen LogP contribution in [0.15, 0.2) is 16.6 Å². The first-order valence-electron chi connectivity index (χ1n) is 3.33. The molecule has 4 heteroatoms. The lowest BCUT2D eigenvalue weighted by atomic mass is 10.1. The van der Waals surface area contributed by atoms with E-state index in [1.807, 2.05) is 0 Å². The van der Waals surface area contributed by atoms with E-state index in [0.717, 1.165) is 0 Å². The second-order valence-corrected chi connectivity index (χ2v) is 3.33. The Hall–Kier alpha value is -0.900. The molecule has 0 N–H and O–H groups in total. The van der Waals surface area contributed by atoms with E-state index in [-0.39, 0.29) is 12.4 Å². The molecule has 0 bridgehead atoms. The van der Waals surface area contributed by atoms with Crippen molar-refractivity contribution in [1.82, 2.24) is 0 Å². The molecular weight excluding hydrogens is 227 g/mol. The largest absolute Gasteiger partial charge is 0.485 e. The van der Waals surface area contributed by atoms with Gasteiger partial charge < -0.3 is 4.74 Å². The highest BCUT2D eigenvalue weighted by Gasteiger charge is 2.22. The summed E-state index contributed by atoms with van der Waals surface area (Å²) in [7, 11) is 0. The highest BCUT2D eigenvalue weighted by molar-refractivity contribution is 9.10. The molecule has 1 aliphatic rings. The number of hydrogen-bond donors (Lipinski definition) is 0. The van der Waals surface area contributed by atoms with Crippen LogP contribution in [0.2, 0.25) is 0 Å². The molecule has 0 saturated heterocycles. The maximum absolute atomic E-state index is 12.9. The summed E-state index contributed by atoms with van der Waals surface area (Å²) in [6.07, 6.45) is 0. The maximum atomic E-state index is 12.9. The minimum atomic E-state index is -0.413. The van der Waals surface area contributed by atoms with E-state index < -0.39 is 5.82 Å². The van der Waals surface area contributed by atoms with Gasteiger partial charge >= 0.3 is 0 Å². The molecule has 0 amide bonds. The van der Waals surface area contributed by atoms with Crippen LogP contribution in [-0.4, -0.2) is 12.4 Å². The summed E-state index contributed by atoms with van der Waals surface area (Å²) in [4.78, 5) is 11.1. The number of carbonyl (C=O) groups is 1. The van der Waals surface area contributed by atoms with Crippen LogP contribution >= 0.6 is 15.9 Å². The van der Waals surface area contributed by atoms with Crippen LogP contribution in [0.4, 0.5) is 4.39 Å². The summed E-state index contributed by atoms with van der Waals surface area (Å²) < 4.78 is 18.1. The van der Waals surface area contributed by atoms with Crippen LogP contribution in [0.25, 0.3) is 0 Å². The second-order valence-electron chi connectivity index (χ2n) is 2.47. The molecule has 2 nitrogen and oxygen atoms in total. The van der Waals surface area contributed by atoms with Gasteiger partial charge in [-0.2, -0.15) is 0 Å². The summed E-state index contributed by atoms with van der Waals surface area (Å²) in [6, 6.07) is 2.66. The van der Waals surface area contributed by atoms with Crippen molar-refractivity contribution in [1.29, 1.82) is 0 Å². The van der Waals surface area contributed by atoms with E-state index in [9.17, 15) is 9.18 Å². The first-order chi connectivity index (χ1) is 5.68. The number of benzene rings is 1. The predicted molar refractivity (Wildman–Crippen MR) is 43.9 cm³/mol. The molecule has 1 aliphatic heterocycles. The van der Waals surface area contributed by atoms with Gasteiger partial charge in [-0.3, -0.25) is 4.79 Å². The fraction of sp³-hybridized carbons (Fsp3) is 0.125. The molecule has 1 aromatic rings. The summed E-state index contributed by atoms with van der Waals surface area (Å²) in [5, 5.41) is 0. The summed E-state index contributed by atoms with van der Waals surface area (Å²) >= 11 is 2.99. The van der Waals surface area contributed by atoms with E-state index in [0.29, 0.717) is 15.8 Å². The minimum Gasteiger partial charge on any atom is -0.485 e. The van der Waals surface area contributed by atoms with Crippen molar-refractivity contribution < 1.29 is 13.9 Å². The Balaban J connectivity index is 2.63. The van der Waals surface area contributed by atoms with Crippen molar-refractivity contribution >= 4 is 21.7 Å². The normalized spacial score (nSPS) is 14.3. The molecule has 0 atom stereocenters. The Labute approximate surface area is 76.5 Å². The fourth-order valence-electron chi connectivity index (χ4n) is 1.09. The average Bonchev–Trinajstić information content (AvgIpc) is 2.35. The predicted octanol–water partition coefficient (Wildman–Crippen LogP) is 2.16. The summed E-state index contributed by atoms with van der Waals surface area (Å²) in [5.74, 6) is -0.185. The van der Waals surface area contributed by atoms with Crippen molar-refractivity contribution in [2.75, 3.05) is 6.61 Å². The van der Waals surface area contributed by atoms with E-state index >= 15 is 0 Å². The Bertz CT molecular complexity index is 362. The van der Waals surface area contributed by atoms with E-state index in [1.165, 1.54) is 12.1 Å². The topological polar surface area (TPSA) is 26.3 Å². The van der Waals surface area contributed by atoms with Gasteiger partial charge in [0.2, 0.25) is 5.78 Å². The number of rotatable bonds is 0. The summed E-state index contributed by atoms with van der Waals surface area (Å²) in [5.41, 5.74) is 0.447. The third kappa shape index (κ3) is 1.03. The molecule has 0 aliphatic carbocycles. The van der Waals surface area contributed by atoms with Gasteiger partial charge in [-0.25, -0.2) is 4.39 Å². The minimum absolute atomic E-state index is 0.0191. The van der Waals surface area contributed by atoms with Crippen LogP contribution < -0.4 is 4.74 Å². The Morgan fingerprint density at radius 1 is 1.50 bits per heavy atom. The van der Waals surface area contributed by atoms with E-state index in [1.54, 1.807) is 0 Å². The van der Waals surface area contributed by atoms with Gasteiger partial charge in [0, 0.05) is 6.07 Å². The molecule has 0 radical (unpaired) electrons. The SMILES string of the molecule is O=C1COc2cc(F)c(Br)cc21. The number of carbonyl (C=O) groups excluding carboxylic acids is 1. The van der Waals surface area contributed by atoms with Gasteiger partial charge in [-0.15, -0.1) is 0 Å². The lowest BCUT2D eigenvalue weighted by Crippen LogP contribution is -1.98. The summed E-state index contributed by atoms with van der Waals surface area (Å²) in [6.45, 7) is 0.0191. The van der Waals surface area contributed by atoms with Gasteiger partial charge in [0.15, 0.2) is 6.61 Å². The van der Waals surface area contributed by atoms with Crippen LogP contribution in [0, 0.1) is 5.82 Å². The van der Waals surface area contributed by atoms with Crippen LogP contribution in [0.3, 0.4) is 0 Å². The zero-order valence-electron chi connectivity index (χ0n) is 5.93. The Morgan fingerprint density at radius 2 is 2.25 bits per heavy atom. The maximum Gasteiger partial charge on any atom is 0.203 e. The van der Waals surface area contributed by atoms with Crippen molar-refractivity contribution in [2.45, 2.75) is 0 Å². The number of Topliss-reactive ketones (excluding diaryl/α,β-unsaturated/α-hetero) is 1. The molecule has 2 rings (SSSR count). The average molecular weight is 231 g/mol. The second kappa shape index (κ2) is 2.55. The van der Waals surface area contributed by atoms with Crippen LogP contribution in [-0.2, 0) is 0 Å². The van der Waals surface area contributed by atoms with Crippen molar-refractivity contribution in [3.63, 3.8) is 0 Å². The molecule has 62 valence electrons. The first-order valence-corrected chi connectivity index (χ1v) is 4.13. The third-order valence-electron chi connectivity index (χ3n) is 1.68. The standard InChI is InChI=1S/C8H4BrFO2/c9-5-1-4-7(11)3-12-8(4)2-6(5)10/h1-2H,3H2. The molecular formula is C8H4BrFO2. The number of fused-ring (bicyclic) bond motifs is 1. The molecule has 0 fully saturated rings. The van der Waals surface area contributed by atoms with Gasteiger partial charge in [0.25, 0.3) is 0 Å². The number of ether oxygens (including phenoxy) is 1. The van der Waals surface area contributed by atoms with E-state index in [2.05, 4.69) is 15.9 Å². The molecule has 1 heterocycles. The molecule has 0 saturated carbocycles. The lowest BCUT2D eigenvalue weighted by Gasteiger charge is -1.98. The highest BCUT2D eigenvalue weighted by atomic mass is 79.9. The van der Waals surface area contributed by atoms with Crippen molar-refractivity contribution in [3.05, 3.63) is 28.0 Å². The zero-order chi connectivity index (χ0) is 8.72. The zero-order valence-corrected chi connectivity index (χ0v) is 7.52. The van der Waals surface area contributed by atoms with Crippen LogP contribution in [0.5, 0.6) is 5.75 Å². The lowest BCUT2D eigenvalue weighted by molar-refractivity contribution is 0.0961. The Kier molecular flexibility index (Phi) is 1.65. The van der Waals surface area contributed by atoms with Crippen molar-refractivity contribution in [2.24, 2.45) is 0 Å². The van der Waals surface area contributed by atoms with Crippen LogP contribution in [0.1, 0.15) is 10.4 Å². The van der Waals surface area contributed by atoms with Gasteiger partial charge in [-0.1, -0.05) is 0 Å². The fourth-order valence-corrected chi connectivity index (χ4v) is 1.43. The Morgan fingerprint density at radius 3 is 3.00 bits per heavy atom. The van der Waals surface area contributed by atoms with Gasteiger partial charge in [0.1, 0.15) is 11.6 Å². The van der Waals surface area contributed by atoms with Crippen molar-refractivity contribution in [3.8, 4) is 5.75 Å². The molecule has 1 aromatic carbocycles. The third-order valence-corrected chi connectivity index (χ3v) is 2.29. The first kappa shape index (κ1) is 7.73. The van der Waals surface area contributed by atoms with Gasteiger partial charge in [0.05, 0.1) is 10.0 Å². The number of hydrogen-bond acceptors (Lipinski definition) is 2. The smallest absolute Gasteiger partial charge is 0.203 e. The van der Waals surface area contributed by atoms with Gasteiger partial charge in [-0.05, 0) is 22.0 Å². The number of halogens is 2. The highest BCUT2D eigenvalue weighted by Crippen LogP contribution is 2.30. The quantitative estimate of drug-likeness (QED) is 0.683. The monoisotopic (exact) mass is 230 g/mol.